The molecule has 1 aromatic rings. The Kier molecular flexibility index (Phi) is 4.90. The van der Waals surface area contributed by atoms with Crippen molar-refractivity contribution in [1.82, 2.24) is 0 Å². The van der Waals surface area contributed by atoms with Crippen LogP contribution in [0.25, 0.3) is 0 Å². The third kappa shape index (κ3) is 3.99. The smallest absolute Gasteiger partial charge is 0.0340 e. The number of hydrogen-bond donors (Lipinski definition) is 1. The van der Waals surface area contributed by atoms with Crippen molar-refractivity contribution in [3.63, 3.8) is 0 Å². The van der Waals surface area contributed by atoms with E-state index in [-0.39, 0.29) is 0 Å². The predicted molar refractivity (Wildman–Crippen MR) is 84.8 cm³/mol. The maximum absolute atomic E-state index is 3.61. The van der Waals surface area contributed by atoms with E-state index in [2.05, 4.69) is 50.4 Å². The van der Waals surface area contributed by atoms with Crippen molar-refractivity contribution in [3.05, 3.63) is 29.8 Å². The maximum Gasteiger partial charge on any atom is 0.0340 e. The molecule has 1 heteroatoms. The first-order chi connectivity index (χ1) is 9.12. The molecule has 1 N–H and O–H groups in total. The summed E-state index contributed by atoms with van der Waals surface area (Å²) in [4.78, 5) is 0. The third-order valence-corrected chi connectivity index (χ3v) is 4.87. The van der Waals surface area contributed by atoms with Gasteiger partial charge in [-0.1, -0.05) is 52.2 Å². The molecule has 0 bridgehead atoms. The van der Waals surface area contributed by atoms with E-state index in [1.807, 2.05) is 0 Å². The summed E-state index contributed by atoms with van der Waals surface area (Å²) in [6.45, 7) is 8.04. The maximum atomic E-state index is 3.61. The molecule has 0 radical (unpaired) electrons. The van der Waals surface area contributed by atoms with Crippen molar-refractivity contribution in [2.24, 2.45) is 5.92 Å². The van der Waals surface area contributed by atoms with E-state index in [1.54, 1.807) is 0 Å². The first-order valence-electron chi connectivity index (χ1n) is 7.96. The molecule has 1 aromatic carbocycles. The zero-order valence-electron chi connectivity index (χ0n) is 12.8. The number of anilines is 1. The lowest BCUT2D eigenvalue weighted by Crippen LogP contribution is -2.18. The summed E-state index contributed by atoms with van der Waals surface area (Å²) < 4.78 is 0. The van der Waals surface area contributed by atoms with Crippen LogP contribution >= 0.6 is 0 Å². The highest BCUT2D eigenvalue weighted by Crippen LogP contribution is 2.28. The van der Waals surface area contributed by atoms with Gasteiger partial charge in [0.05, 0.1) is 0 Å². The van der Waals surface area contributed by atoms with Gasteiger partial charge in [-0.05, 0) is 48.3 Å². The second-order valence-corrected chi connectivity index (χ2v) is 6.70. The van der Waals surface area contributed by atoms with Gasteiger partial charge >= 0.3 is 0 Å². The molecule has 19 heavy (non-hydrogen) atoms. The summed E-state index contributed by atoms with van der Waals surface area (Å²) in [5.74, 6) is 0.889. The van der Waals surface area contributed by atoms with Crippen molar-refractivity contribution in [2.45, 2.75) is 64.7 Å². The molecule has 1 aliphatic rings. The van der Waals surface area contributed by atoms with Crippen LogP contribution in [-0.2, 0) is 5.41 Å². The quantitative estimate of drug-likeness (QED) is 0.750. The van der Waals surface area contributed by atoms with Crippen LogP contribution < -0.4 is 5.32 Å². The van der Waals surface area contributed by atoms with Gasteiger partial charge in [-0.3, -0.25) is 0 Å². The van der Waals surface area contributed by atoms with Gasteiger partial charge in [0.2, 0.25) is 0 Å². The second kappa shape index (κ2) is 6.45. The highest BCUT2D eigenvalue weighted by molar-refractivity contribution is 5.45. The standard InChI is InChI=1S/C18H29N/c1-4-18(2,3)16-10-12-17(13-11-16)19-14-15-8-6-5-7-9-15/h10-13,15,19H,4-9,14H2,1-3H3. The molecular weight excluding hydrogens is 230 g/mol. The van der Waals surface area contributed by atoms with E-state index in [0.717, 1.165) is 12.5 Å². The Hall–Kier alpha value is -0.980. The Labute approximate surface area is 118 Å². The Morgan fingerprint density at radius 3 is 2.26 bits per heavy atom. The van der Waals surface area contributed by atoms with Gasteiger partial charge in [-0.15, -0.1) is 0 Å². The Morgan fingerprint density at radius 1 is 1.05 bits per heavy atom. The van der Waals surface area contributed by atoms with Crippen LogP contribution in [0.4, 0.5) is 5.69 Å². The minimum absolute atomic E-state index is 0.294. The lowest BCUT2D eigenvalue weighted by Gasteiger charge is -2.24. The van der Waals surface area contributed by atoms with Crippen molar-refractivity contribution in [2.75, 3.05) is 11.9 Å². The first-order valence-corrected chi connectivity index (χ1v) is 7.96. The van der Waals surface area contributed by atoms with Gasteiger partial charge in [0, 0.05) is 12.2 Å². The lowest BCUT2D eigenvalue weighted by atomic mass is 9.82. The summed E-state index contributed by atoms with van der Waals surface area (Å²) in [6.07, 6.45) is 8.30. The van der Waals surface area contributed by atoms with Gasteiger partial charge in [0.15, 0.2) is 0 Å². The average molecular weight is 259 g/mol. The van der Waals surface area contributed by atoms with E-state index in [1.165, 1.54) is 49.8 Å². The molecule has 0 atom stereocenters. The molecule has 1 nitrogen and oxygen atoms in total. The fraction of sp³-hybridized carbons (Fsp3) is 0.667. The Balaban J connectivity index is 1.88. The van der Waals surface area contributed by atoms with Gasteiger partial charge in [-0.25, -0.2) is 0 Å². The van der Waals surface area contributed by atoms with Crippen molar-refractivity contribution < 1.29 is 0 Å². The molecule has 0 spiro atoms. The van der Waals surface area contributed by atoms with Gasteiger partial charge in [0.25, 0.3) is 0 Å². The molecule has 0 unspecified atom stereocenters. The van der Waals surface area contributed by atoms with E-state index in [9.17, 15) is 0 Å². The van der Waals surface area contributed by atoms with E-state index in [0.29, 0.717) is 5.41 Å². The summed E-state index contributed by atoms with van der Waals surface area (Å²) >= 11 is 0. The van der Waals surface area contributed by atoms with E-state index >= 15 is 0 Å². The highest BCUT2D eigenvalue weighted by atomic mass is 14.9. The van der Waals surface area contributed by atoms with Gasteiger partial charge < -0.3 is 5.32 Å². The molecule has 1 aliphatic carbocycles. The van der Waals surface area contributed by atoms with Crippen LogP contribution in [0.2, 0.25) is 0 Å². The molecular formula is C18H29N. The normalized spacial score (nSPS) is 17.4. The molecule has 106 valence electrons. The number of nitrogens with one attached hydrogen (secondary N) is 1. The van der Waals surface area contributed by atoms with Gasteiger partial charge in [-0.2, -0.15) is 0 Å². The minimum Gasteiger partial charge on any atom is -0.385 e. The summed E-state index contributed by atoms with van der Waals surface area (Å²) in [5.41, 5.74) is 3.02. The largest absolute Gasteiger partial charge is 0.385 e. The zero-order chi connectivity index (χ0) is 13.7. The summed E-state index contributed by atoms with van der Waals surface area (Å²) in [5, 5.41) is 3.61. The molecule has 0 amide bonds. The number of rotatable bonds is 5. The van der Waals surface area contributed by atoms with E-state index < -0.39 is 0 Å². The molecule has 0 aliphatic heterocycles. The number of benzene rings is 1. The van der Waals surface area contributed by atoms with Crippen LogP contribution in [0, 0.1) is 5.92 Å². The molecule has 0 saturated heterocycles. The SMILES string of the molecule is CCC(C)(C)c1ccc(NCC2CCCCC2)cc1. The average Bonchev–Trinajstić information content (AvgIpc) is 2.47. The highest BCUT2D eigenvalue weighted by Gasteiger charge is 2.17. The monoisotopic (exact) mass is 259 g/mol. The molecule has 1 saturated carbocycles. The fourth-order valence-corrected chi connectivity index (χ4v) is 2.90. The fourth-order valence-electron chi connectivity index (χ4n) is 2.90. The molecule has 2 rings (SSSR count). The second-order valence-electron chi connectivity index (χ2n) is 6.70. The Morgan fingerprint density at radius 2 is 1.68 bits per heavy atom. The number of hydrogen-bond acceptors (Lipinski definition) is 1. The van der Waals surface area contributed by atoms with Crippen molar-refractivity contribution >= 4 is 5.69 Å². The van der Waals surface area contributed by atoms with Crippen LogP contribution in [-0.4, -0.2) is 6.54 Å². The predicted octanol–water partition coefficient (Wildman–Crippen LogP) is 5.37. The van der Waals surface area contributed by atoms with Crippen LogP contribution in [0.3, 0.4) is 0 Å². The minimum atomic E-state index is 0.294. The van der Waals surface area contributed by atoms with Crippen molar-refractivity contribution in [3.8, 4) is 0 Å². The Bertz CT molecular complexity index is 371. The van der Waals surface area contributed by atoms with Crippen LogP contribution in [0.15, 0.2) is 24.3 Å². The lowest BCUT2D eigenvalue weighted by molar-refractivity contribution is 0.373. The molecule has 0 aromatic heterocycles. The summed E-state index contributed by atoms with van der Waals surface area (Å²) in [7, 11) is 0. The van der Waals surface area contributed by atoms with E-state index in [4.69, 9.17) is 0 Å². The third-order valence-electron chi connectivity index (χ3n) is 4.87. The van der Waals surface area contributed by atoms with Crippen molar-refractivity contribution in [1.29, 1.82) is 0 Å². The molecule has 1 fully saturated rings. The zero-order valence-corrected chi connectivity index (χ0v) is 12.8. The van der Waals surface area contributed by atoms with Crippen LogP contribution in [0.5, 0.6) is 0 Å². The van der Waals surface area contributed by atoms with Gasteiger partial charge in [0.1, 0.15) is 0 Å². The van der Waals surface area contributed by atoms with Crippen LogP contribution in [0.1, 0.15) is 64.9 Å². The topological polar surface area (TPSA) is 12.0 Å². The molecule has 0 heterocycles. The summed E-state index contributed by atoms with van der Waals surface area (Å²) in [6, 6.07) is 9.06. The first kappa shape index (κ1) is 14.4.